The molecule has 1 saturated carbocycles. The van der Waals surface area contributed by atoms with E-state index in [1.807, 2.05) is 0 Å². The Bertz CT molecular complexity index is 186. The zero-order chi connectivity index (χ0) is 11.1. The topological polar surface area (TPSA) is 32.3 Å². The van der Waals surface area contributed by atoms with E-state index in [0.717, 1.165) is 45.4 Å². The first-order valence-electron chi connectivity index (χ1n) is 6.28. The molecule has 1 N–H and O–H groups in total. The van der Waals surface area contributed by atoms with Crippen LogP contribution in [0.15, 0.2) is 0 Å². The number of carbonyl (C=O) groups excluding carboxylic acids is 1. The molecular formula is C12H24N2O. The van der Waals surface area contributed by atoms with Crippen molar-refractivity contribution in [3.63, 3.8) is 0 Å². The predicted octanol–water partition coefficient (Wildman–Crippen LogP) is 1.63. The third kappa shape index (κ3) is 5.17. The quantitative estimate of drug-likeness (QED) is 0.620. The largest absolute Gasteiger partial charge is 0.356 e. The summed E-state index contributed by atoms with van der Waals surface area (Å²) in [5.74, 6) is 0.630. The van der Waals surface area contributed by atoms with Crippen molar-refractivity contribution in [3.05, 3.63) is 0 Å². The van der Waals surface area contributed by atoms with Crippen molar-refractivity contribution in [3.8, 4) is 0 Å². The van der Waals surface area contributed by atoms with Gasteiger partial charge in [0.25, 0.3) is 0 Å². The van der Waals surface area contributed by atoms with Gasteiger partial charge < -0.3 is 10.2 Å². The Labute approximate surface area is 93.2 Å². The fraction of sp³-hybridized carbons (Fsp3) is 0.917. The minimum atomic E-state index is 0.276. The van der Waals surface area contributed by atoms with Gasteiger partial charge in [0.2, 0.25) is 5.91 Å². The average Bonchev–Trinajstić information content (AvgIpc) is 3.06. The summed E-state index contributed by atoms with van der Waals surface area (Å²) < 4.78 is 0. The second-order valence-electron chi connectivity index (χ2n) is 4.30. The van der Waals surface area contributed by atoms with Gasteiger partial charge in [0.05, 0.1) is 0 Å². The first-order valence-corrected chi connectivity index (χ1v) is 6.28. The molecule has 0 spiro atoms. The van der Waals surface area contributed by atoms with Crippen LogP contribution in [0, 0.1) is 5.92 Å². The van der Waals surface area contributed by atoms with Crippen LogP contribution < -0.4 is 5.32 Å². The fourth-order valence-corrected chi connectivity index (χ4v) is 1.70. The lowest BCUT2D eigenvalue weighted by Crippen LogP contribution is -2.28. The van der Waals surface area contributed by atoms with E-state index < -0.39 is 0 Å². The normalized spacial score (nSPS) is 15.7. The van der Waals surface area contributed by atoms with Gasteiger partial charge in [-0.25, -0.2) is 0 Å². The van der Waals surface area contributed by atoms with Crippen LogP contribution in [0.2, 0.25) is 0 Å². The Morgan fingerprint density at radius 2 is 1.93 bits per heavy atom. The van der Waals surface area contributed by atoms with Crippen molar-refractivity contribution in [2.45, 2.75) is 39.5 Å². The fourth-order valence-electron chi connectivity index (χ4n) is 1.70. The number of hydrogen-bond acceptors (Lipinski definition) is 2. The first-order chi connectivity index (χ1) is 7.27. The van der Waals surface area contributed by atoms with E-state index in [0.29, 0.717) is 5.92 Å². The summed E-state index contributed by atoms with van der Waals surface area (Å²) in [6.45, 7) is 8.66. The Kier molecular flexibility index (Phi) is 5.69. The van der Waals surface area contributed by atoms with Crippen LogP contribution in [0.1, 0.15) is 39.5 Å². The molecule has 0 aromatic rings. The molecule has 0 aromatic heterocycles. The zero-order valence-corrected chi connectivity index (χ0v) is 10.1. The van der Waals surface area contributed by atoms with E-state index in [4.69, 9.17) is 0 Å². The number of hydrogen-bond donors (Lipinski definition) is 1. The summed E-state index contributed by atoms with van der Waals surface area (Å²) in [5, 5.41) is 3.00. The van der Waals surface area contributed by atoms with E-state index in [1.54, 1.807) is 0 Å². The number of nitrogens with one attached hydrogen (secondary N) is 1. The summed E-state index contributed by atoms with van der Waals surface area (Å²) in [5.41, 5.74) is 0. The molecule has 0 heterocycles. The van der Waals surface area contributed by atoms with Crippen LogP contribution >= 0.6 is 0 Å². The maximum atomic E-state index is 11.3. The van der Waals surface area contributed by atoms with Crippen molar-refractivity contribution < 1.29 is 4.79 Å². The van der Waals surface area contributed by atoms with E-state index in [9.17, 15) is 4.79 Å². The van der Waals surface area contributed by atoms with Gasteiger partial charge in [-0.05, 0) is 45.3 Å². The van der Waals surface area contributed by atoms with Crippen molar-refractivity contribution in [2.24, 2.45) is 5.92 Å². The molecule has 0 aromatic carbocycles. The van der Waals surface area contributed by atoms with Crippen LogP contribution in [0.5, 0.6) is 0 Å². The van der Waals surface area contributed by atoms with Crippen LogP contribution in [-0.4, -0.2) is 37.0 Å². The van der Waals surface area contributed by atoms with Gasteiger partial charge in [0.15, 0.2) is 0 Å². The molecule has 1 amide bonds. The average molecular weight is 212 g/mol. The lowest BCUT2D eigenvalue weighted by Gasteiger charge is -2.17. The molecule has 1 aliphatic rings. The summed E-state index contributed by atoms with van der Waals surface area (Å²) >= 11 is 0. The number of nitrogens with zero attached hydrogens (tertiary/aromatic N) is 1. The van der Waals surface area contributed by atoms with Gasteiger partial charge in [-0.3, -0.25) is 4.79 Å². The molecule has 1 aliphatic carbocycles. The van der Waals surface area contributed by atoms with E-state index in [2.05, 4.69) is 24.1 Å². The highest BCUT2D eigenvalue weighted by Gasteiger charge is 2.28. The third-order valence-corrected chi connectivity index (χ3v) is 3.04. The van der Waals surface area contributed by atoms with Crippen LogP contribution in [0.3, 0.4) is 0 Å². The van der Waals surface area contributed by atoms with Crippen LogP contribution in [0.4, 0.5) is 0 Å². The minimum Gasteiger partial charge on any atom is -0.356 e. The van der Waals surface area contributed by atoms with Crippen molar-refractivity contribution in [1.29, 1.82) is 0 Å². The second-order valence-corrected chi connectivity index (χ2v) is 4.30. The second kappa shape index (κ2) is 6.83. The van der Waals surface area contributed by atoms with Crippen molar-refractivity contribution >= 4 is 5.91 Å². The molecule has 0 bridgehead atoms. The van der Waals surface area contributed by atoms with Crippen molar-refractivity contribution in [1.82, 2.24) is 10.2 Å². The van der Waals surface area contributed by atoms with E-state index in [1.165, 1.54) is 6.42 Å². The molecule has 1 rings (SSSR count). The number of rotatable bonds is 8. The Morgan fingerprint density at radius 1 is 1.27 bits per heavy atom. The Balaban J connectivity index is 1.89. The standard InChI is InChI=1S/C12H24N2O/c1-3-14(4-2)10-6-5-9-13-12(15)11-7-8-11/h11H,3-10H2,1-2H3,(H,13,15). The molecule has 0 unspecified atom stereocenters. The molecule has 0 atom stereocenters. The summed E-state index contributed by atoms with van der Waals surface area (Å²) in [4.78, 5) is 13.7. The molecule has 1 fully saturated rings. The third-order valence-electron chi connectivity index (χ3n) is 3.04. The number of amides is 1. The molecule has 0 aliphatic heterocycles. The van der Waals surface area contributed by atoms with Gasteiger partial charge in [-0.1, -0.05) is 13.8 Å². The van der Waals surface area contributed by atoms with Gasteiger partial charge in [-0.2, -0.15) is 0 Å². The predicted molar refractivity (Wildman–Crippen MR) is 62.8 cm³/mol. The number of carbonyl (C=O) groups is 1. The van der Waals surface area contributed by atoms with E-state index in [-0.39, 0.29) is 5.91 Å². The Hall–Kier alpha value is -0.570. The van der Waals surface area contributed by atoms with Crippen molar-refractivity contribution in [2.75, 3.05) is 26.2 Å². The SMILES string of the molecule is CCN(CC)CCCCNC(=O)C1CC1. The summed E-state index contributed by atoms with van der Waals surface area (Å²) in [6, 6.07) is 0. The molecule has 15 heavy (non-hydrogen) atoms. The van der Waals surface area contributed by atoms with Crippen LogP contribution in [0.25, 0.3) is 0 Å². The van der Waals surface area contributed by atoms with Gasteiger partial charge >= 0.3 is 0 Å². The highest BCUT2D eigenvalue weighted by atomic mass is 16.2. The van der Waals surface area contributed by atoms with Gasteiger partial charge in [0.1, 0.15) is 0 Å². The molecule has 88 valence electrons. The molecule has 0 radical (unpaired) electrons. The summed E-state index contributed by atoms with van der Waals surface area (Å²) in [6.07, 6.45) is 4.50. The van der Waals surface area contributed by atoms with Crippen LogP contribution in [-0.2, 0) is 4.79 Å². The number of unbranched alkanes of at least 4 members (excludes halogenated alkanes) is 1. The highest BCUT2D eigenvalue weighted by Crippen LogP contribution is 2.28. The zero-order valence-electron chi connectivity index (χ0n) is 10.1. The summed E-state index contributed by atoms with van der Waals surface area (Å²) in [7, 11) is 0. The maximum Gasteiger partial charge on any atom is 0.223 e. The first kappa shape index (κ1) is 12.5. The van der Waals surface area contributed by atoms with E-state index >= 15 is 0 Å². The lowest BCUT2D eigenvalue weighted by molar-refractivity contribution is -0.122. The van der Waals surface area contributed by atoms with Gasteiger partial charge in [-0.15, -0.1) is 0 Å². The monoisotopic (exact) mass is 212 g/mol. The minimum absolute atomic E-state index is 0.276. The highest BCUT2D eigenvalue weighted by molar-refractivity contribution is 5.80. The lowest BCUT2D eigenvalue weighted by atomic mass is 10.2. The molecular weight excluding hydrogens is 188 g/mol. The Morgan fingerprint density at radius 3 is 2.47 bits per heavy atom. The molecule has 3 nitrogen and oxygen atoms in total. The molecule has 3 heteroatoms. The smallest absolute Gasteiger partial charge is 0.223 e. The molecule has 0 saturated heterocycles. The maximum absolute atomic E-state index is 11.3. The van der Waals surface area contributed by atoms with Gasteiger partial charge in [0, 0.05) is 12.5 Å².